The molecule has 0 aromatic rings. The molecule has 0 atom stereocenters. The molecule has 1 aliphatic carbocycles. The van der Waals surface area contributed by atoms with Gasteiger partial charge in [0, 0.05) is 32.2 Å². The summed E-state index contributed by atoms with van der Waals surface area (Å²) < 4.78 is 0. The molecule has 2 aliphatic rings. The fourth-order valence-corrected chi connectivity index (χ4v) is 2.51. The summed E-state index contributed by atoms with van der Waals surface area (Å²) in [4.78, 5) is 2.50. The Morgan fingerprint density at radius 2 is 1.56 bits per heavy atom. The van der Waals surface area contributed by atoms with Gasteiger partial charge in [0.2, 0.25) is 0 Å². The summed E-state index contributed by atoms with van der Waals surface area (Å²) in [5.74, 6) is 1.04. The second-order valence-corrected chi connectivity index (χ2v) is 5.62. The maximum absolute atomic E-state index is 3.33. The van der Waals surface area contributed by atoms with Crippen LogP contribution in [0, 0.1) is 5.92 Å². The lowest BCUT2D eigenvalue weighted by molar-refractivity contribution is 0.196. The minimum Gasteiger partial charge on any atom is -0.314 e. The number of hydrogen-bond acceptors (Lipinski definition) is 2. The van der Waals surface area contributed by atoms with E-state index in [2.05, 4.69) is 31.0 Å². The molecule has 2 heteroatoms. The average Bonchev–Trinajstić information content (AvgIpc) is 2.32. The van der Waals surface area contributed by atoms with Gasteiger partial charge in [-0.05, 0) is 19.8 Å². The Morgan fingerprint density at radius 3 is 1.88 bits per heavy atom. The van der Waals surface area contributed by atoms with E-state index in [0.29, 0.717) is 0 Å². The van der Waals surface area contributed by atoms with Crippen molar-refractivity contribution in [2.24, 2.45) is 5.92 Å². The van der Waals surface area contributed by atoms with Crippen molar-refractivity contribution in [3.8, 4) is 0 Å². The molecular formula is C14H30N2. The zero-order valence-corrected chi connectivity index (χ0v) is 11.5. The van der Waals surface area contributed by atoms with E-state index in [1.165, 1.54) is 45.2 Å². The lowest BCUT2D eigenvalue weighted by Crippen LogP contribution is -2.46. The lowest BCUT2D eigenvalue weighted by Gasteiger charge is -2.30. The number of piperazine rings is 1. The summed E-state index contributed by atoms with van der Waals surface area (Å²) in [7, 11) is 0. The van der Waals surface area contributed by atoms with Gasteiger partial charge < -0.3 is 5.32 Å². The standard InChI is InChI=1S/C7H16N2.C7H14/c1-7(2)9-5-3-8-4-6-9;1-7-5-3-2-4-6-7/h7-8H,3-6H2,1-2H3;7H,2-6H2,1H3. The molecule has 2 nitrogen and oxygen atoms in total. The molecule has 1 aliphatic heterocycles. The van der Waals surface area contributed by atoms with Crippen LogP contribution < -0.4 is 5.32 Å². The van der Waals surface area contributed by atoms with Gasteiger partial charge in [0.1, 0.15) is 0 Å². The molecular weight excluding hydrogens is 196 g/mol. The van der Waals surface area contributed by atoms with E-state index >= 15 is 0 Å². The van der Waals surface area contributed by atoms with Gasteiger partial charge in [-0.15, -0.1) is 0 Å². The van der Waals surface area contributed by atoms with Gasteiger partial charge in [-0.3, -0.25) is 4.90 Å². The molecule has 0 bridgehead atoms. The predicted molar refractivity (Wildman–Crippen MR) is 71.8 cm³/mol. The molecule has 1 N–H and O–H groups in total. The molecule has 2 rings (SSSR count). The van der Waals surface area contributed by atoms with Crippen LogP contribution in [0.5, 0.6) is 0 Å². The van der Waals surface area contributed by atoms with Crippen molar-refractivity contribution in [3.63, 3.8) is 0 Å². The number of nitrogens with one attached hydrogen (secondary N) is 1. The molecule has 0 aromatic heterocycles. The molecule has 2 fully saturated rings. The molecule has 0 aromatic carbocycles. The Labute approximate surface area is 102 Å². The Morgan fingerprint density at radius 1 is 1.00 bits per heavy atom. The molecule has 96 valence electrons. The third kappa shape index (κ3) is 5.86. The third-order valence-corrected chi connectivity index (χ3v) is 3.78. The lowest BCUT2D eigenvalue weighted by atomic mass is 9.91. The van der Waals surface area contributed by atoms with Gasteiger partial charge in [-0.1, -0.05) is 39.0 Å². The first kappa shape index (κ1) is 14.0. The first-order chi connectivity index (χ1) is 7.70. The maximum atomic E-state index is 3.33. The van der Waals surface area contributed by atoms with Crippen molar-refractivity contribution < 1.29 is 0 Å². The van der Waals surface area contributed by atoms with E-state index < -0.39 is 0 Å². The van der Waals surface area contributed by atoms with Crippen LogP contribution in [0.15, 0.2) is 0 Å². The largest absolute Gasteiger partial charge is 0.314 e. The van der Waals surface area contributed by atoms with Gasteiger partial charge in [0.15, 0.2) is 0 Å². The highest BCUT2D eigenvalue weighted by Crippen LogP contribution is 2.22. The van der Waals surface area contributed by atoms with Crippen LogP contribution in [0.25, 0.3) is 0 Å². The van der Waals surface area contributed by atoms with Crippen LogP contribution in [0.2, 0.25) is 0 Å². The normalized spacial score (nSPS) is 24.0. The fourth-order valence-electron chi connectivity index (χ4n) is 2.51. The summed E-state index contributed by atoms with van der Waals surface area (Å²) in [6.45, 7) is 11.6. The van der Waals surface area contributed by atoms with Gasteiger partial charge in [-0.2, -0.15) is 0 Å². The van der Waals surface area contributed by atoms with Crippen LogP contribution in [0.1, 0.15) is 52.9 Å². The summed E-state index contributed by atoms with van der Waals surface area (Å²) in [5.41, 5.74) is 0. The van der Waals surface area contributed by atoms with Gasteiger partial charge in [-0.25, -0.2) is 0 Å². The van der Waals surface area contributed by atoms with Crippen LogP contribution in [0.3, 0.4) is 0 Å². The van der Waals surface area contributed by atoms with Crippen LogP contribution in [-0.4, -0.2) is 37.1 Å². The Kier molecular flexibility index (Phi) is 7.06. The van der Waals surface area contributed by atoms with Crippen molar-refractivity contribution >= 4 is 0 Å². The Hall–Kier alpha value is -0.0800. The monoisotopic (exact) mass is 226 g/mol. The molecule has 0 spiro atoms. The zero-order chi connectivity index (χ0) is 11.8. The molecule has 16 heavy (non-hydrogen) atoms. The molecule has 0 amide bonds. The van der Waals surface area contributed by atoms with E-state index in [1.807, 2.05) is 0 Å². The van der Waals surface area contributed by atoms with Crippen LogP contribution in [-0.2, 0) is 0 Å². The molecule has 0 radical (unpaired) electrons. The summed E-state index contributed by atoms with van der Waals surface area (Å²) in [5, 5.41) is 3.33. The highest BCUT2D eigenvalue weighted by Gasteiger charge is 2.11. The fraction of sp³-hybridized carbons (Fsp3) is 1.00. The third-order valence-electron chi connectivity index (χ3n) is 3.78. The Balaban J connectivity index is 0.000000165. The SMILES string of the molecule is CC(C)N1CCNCC1.CC1CCCCC1. The smallest absolute Gasteiger partial charge is 0.0110 e. The highest BCUT2D eigenvalue weighted by atomic mass is 15.2. The van der Waals surface area contributed by atoms with Gasteiger partial charge >= 0.3 is 0 Å². The molecule has 0 unspecified atom stereocenters. The number of rotatable bonds is 1. The highest BCUT2D eigenvalue weighted by molar-refractivity contribution is 4.69. The van der Waals surface area contributed by atoms with E-state index in [1.54, 1.807) is 0 Å². The van der Waals surface area contributed by atoms with Crippen molar-refractivity contribution in [3.05, 3.63) is 0 Å². The predicted octanol–water partition coefficient (Wildman–Crippen LogP) is 2.89. The molecule has 1 heterocycles. The maximum Gasteiger partial charge on any atom is 0.0110 e. The van der Waals surface area contributed by atoms with Crippen molar-refractivity contribution in [2.75, 3.05) is 26.2 Å². The van der Waals surface area contributed by atoms with E-state index in [-0.39, 0.29) is 0 Å². The second-order valence-electron chi connectivity index (χ2n) is 5.62. The van der Waals surface area contributed by atoms with Crippen LogP contribution >= 0.6 is 0 Å². The minimum atomic E-state index is 0.729. The van der Waals surface area contributed by atoms with Gasteiger partial charge in [0.05, 0.1) is 0 Å². The van der Waals surface area contributed by atoms with Gasteiger partial charge in [0.25, 0.3) is 0 Å². The molecule has 1 saturated heterocycles. The van der Waals surface area contributed by atoms with E-state index in [0.717, 1.165) is 25.0 Å². The number of hydrogen-bond donors (Lipinski definition) is 1. The quantitative estimate of drug-likeness (QED) is 0.739. The second kappa shape index (κ2) is 8.08. The van der Waals surface area contributed by atoms with Crippen LogP contribution in [0.4, 0.5) is 0 Å². The summed E-state index contributed by atoms with van der Waals surface area (Å²) in [6.07, 6.45) is 7.44. The van der Waals surface area contributed by atoms with E-state index in [9.17, 15) is 0 Å². The summed E-state index contributed by atoms with van der Waals surface area (Å²) >= 11 is 0. The van der Waals surface area contributed by atoms with Crippen molar-refractivity contribution in [2.45, 2.75) is 58.9 Å². The van der Waals surface area contributed by atoms with Crippen molar-refractivity contribution in [1.29, 1.82) is 0 Å². The van der Waals surface area contributed by atoms with Crippen molar-refractivity contribution in [1.82, 2.24) is 10.2 Å². The zero-order valence-electron chi connectivity index (χ0n) is 11.5. The molecule has 1 saturated carbocycles. The minimum absolute atomic E-state index is 0.729. The first-order valence-corrected chi connectivity index (χ1v) is 7.15. The Bertz CT molecular complexity index is 156. The van der Waals surface area contributed by atoms with E-state index in [4.69, 9.17) is 0 Å². The average molecular weight is 226 g/mol. The summed E-state index contributed by atoms with van der Waals surface area (Å²) in [6, 6.07) is 0.729. The first-order valence-electron chi connectivity index (χ1n) is 7.15. The topological polar surface area (TPSA) is 15.3 Å². The number of nitrogens with zero attached hydrogens (tertiary/aromatic N) is 1.